The summed E-state index contributed by atoms with van der Waals surface area (Å²) in [5.41, 5.74) is 2.00. The third-order valence-electron chi connectivity index (χ3n) is 2.09. The Morgan fingerprint density at radius 1 is 0.833 bits per heavy atom. The van der Waals surface area contributed by atoms with Crippen molar-refractivity contribution >= 4 is 5.78 Å². The summed E-state index contributed by atoms with van der Waals surface area (Å²) >= 11 is 0. The van der Waals surface area contributed by atoms with Crippen LogP contribution in [0.1, 0.15) is 11.1 Å². The molecule has 0 aliphatic heterocycles. The van der Waals surface area contributed by atoms with Gasteiger partial charge >= 0.3 is 0 Å². The monoisotopic (exact) mass is 160 g/mol. The van der Waals surface area contributed by atoms with E-state index in [1.54, 1.807) is 12.1 Å². The molecular weight excluding hydrogens is 152 g/mol. The SMILES string of the molecule is O=C1Cc2ccc(=O)ccc2C1. The zero-order chi connectivity index (χ0) is 8.55. The molecule has 0 radical (unpaired) electrons. The van der Waals surface area contributed by atoms with Crippen LogP contribution < -0.4 is 5.43 Å². The summed E-state index contributed by atoms with van der Waals surface area (Å²) in [7, 11) is 0. The smallest absolute Gasteiger partial charge is 0.178 e. The van der Waals surface area contributed by atoms with Crippen molar-refractivity contribution in [1.29, 1.82) is 0 Å². The number of hydrogen-bond acceptors (Lipinski definition) is 2. The maximum atomic E-state index is 11.0. The van der Waals surface area contributed by atoms with Gasteiger partial charge in [-0.15, -0.1) is 0 Å². The molecule has 1 aliphatic carbocycles. The van der Waals surface area contributed by atoms with Crippen molar-refractivity contribution in [3.63, 3.8) is 0 Å². The number of fused-ring (bicyclic) bond motifs is 1. The number of ketones is 1. The third kappa shape index (κ3) is 1.16. The molecule has 1 aromatic rings. The Balaban J connectivity index is 2.61. The Morgan fingerprint density at radius 3 is 1.83 bits per heavy atom. The minimum absolute atomic E-state index is 0.00292. The van der Waals surface area contributed by atoms with E-state index in [2.05, 4.69) is 0 Å². The van der Waals surface area contributed by atoms with E-state index in [9.17, 15) is 9.59 Å². The lowest BCUT2D eigenvalue weighted by Crippen LogP contribution is -1.94. The Morgan fingerprint density at radius 2 is 1.33 bits per heavy atom. The fraction of sp³-hybridized carbons (Fsp3) is 0.200. The van der Waals surface area contributed by atoms with Gasteiger partial charge in [0.25, 0.3) is 0 Å². The highest BCUT2D eigenvalue weighted by Gasteiger charge is 2.16. The molecule has 0 heterocycles. The average molecular weight is 160 g/mol. The van der Waals surface area contributed by atoms with Crippen molar-refractivity contribution in [2.75, 3.05) is 0 Å². The predicted molar refractivity (Wildman–Crippen MR) is 45.1 cm³/mol. The van der Waals surface area contributed by atoms with Gasteiger partial charge in [-0.25, -0.2) is 0 Å². The van der Waals surface area contributed by atoms with Gasteiger partial charge in [0.1, 0.15) is 5.78 Å². The van der Waals surface area contributed by atoms with Crippen molar-refractivity contribution in [2.24, 2.45) is 0 Å². The summed E-state index contributed by atoms with van der Waals surface area (Å²) in [6, 6.07) is 6.53. The molecule has 1 aliphatic rings. The minimum atomic E-state index is -0.00292. The highest BCUT2D eigenvalue weighted by Crippen LogP contribution is 2.16. The molecule has 0 fully saturated rings. The van der Waals surface area contributed by atoms with Gasteiger partial charge in [-0.3, -0.25) is 9.59 Å². The molecule has 0 aromatic heterocycles. The Bertz CT molecular complexity index is 360. The second-order valence-electron chi connectivity index (χ2n) is 3.01. The van der Waals surface area contributed by atoms with Crippen molar-refractivity contribution in [2.45, 2.75) is 12.8 Å². The zero-order valence-corrected chi connectivity index (χ0v) is 6.54. The molecule has 12 heavy (non-hydrogen) atoms. The van der Waals surface area contributed by atoms with Crippen LogP contribution in [0.15, 0.2) is 29.1 Å². The van der Waals surface area contributed by atoms with Gasteiger partial charge in [0.05, 0.1) is 0 Å². The Labute approximate surface area is 69.9 Å². The molecule has 2 nitrogen and oxygen atoms in total. The van der Waals surface area contributed by atoms with Crippen molar-refractivity contribution in [1.82, 2.24) is 0 Å². The molecule has 2 heteroatoms. The molecule has 0 atom stereocenters. The van der Waals surface area contributed by atoms with Crippen LogP contribution in [0, 0.1) is 0 Å². The topological polar surface area (TPSA) is 34.1 Å². The molecule has 60 valence electrons. The van der Waals surface area contributed by atoms with Crippen LogP contribution >= 0.6 is 0 Å². The van der Waals surface area contributed by atoms with Gasteiger partial charge in [0.2, 0.25) is 0 Å². The lowest BCUT2D eigenvalue weighted by molar-refractivity contribution is -0.117. The van der Waals surface area contributed by atoms with E-state index >= 15 is 0 Å². The zero-order valence-electron chi connectivity index (χ0n) is 6.54. The minimum Gasteiger partial charge on any atom is -0.299 e. The van der Waals surface area contributed by atoms with E-state index < -0.39 is 0 Å². The first-order chi connectivity index (χ1) is 5.75. The van der Waals surface area contributed by atoms with Crippen LogP contribution in [0.4, 0.5) is 0 Å². The Kier molecular flexibility index (Phi) is 1.54. The largest absolute Gasteiger partial charge is 0.299 e. The van der Waals surface area contributed by atoms with Gasteiger partial charge in [0.15, 0.2) is 5.43 Å². The lowest BCUT2D eigenvalue weighted by atomic mass is 10.2. The molecule has 0 spiro atoms. The quantitative estimate of drug-likeness (QED) is 0.560. The van der Waals surface area contributed by atoms with Gasteiger partial charge in [-0.05, 0) is 23.3 Å². The number of rotatable bonds is 0. The molecular formula is C10H8O2. The first-order valence-corrected chi connectivity index (χ1v) is 3.89. The number of carbonyl (C=O) groups is 1. The predicted octanol–water partition coefficient (Wildman–Crippen LogP) is 0.715. The first kappa shape index (κ1) is 7.22. The van der Waals surface area contributed by atoms with Crippen LogP contribution in [0.2, 0.25) is 0 Å². The summed E-state index contributed by atoms with van der Waals surface area (Å²) in [5, 5.41) is 0. The Hall–Kier alpha value is -1.44. The maximum Gasteiger partial charge on any atom is 0.178 e. The fourth-order valence-electron chi connectivity index (χ4n) is 1.47. The van der Waals surface area contributed by atoms with Crippen molar-refractivity contribution in [3.8, 4) is 0 Å². The summed E-state index contributed by atoms with van der Waals surface area (Å²) in [6.07, 6.45) is 0.979. The van der Waals surface area contributed by atoms with Gasteiger partial charge in [-0.1, -0.05) is 12.1 Å². The number of Topliss-reactive ketones (excluding diaryl/α,β-unsaturated/α-hetero) is 1. The van der Waals surface area contributed by atoms with Gasteiger partial charge < -0.3 is 0 Å². The molecule has 0 unspecified atom stereocenters. The first-order valence-electron chi connectivity index (χ1n) is 3.89. The number of hydrogen-bond donors (Lipinski definition) is 0. The van der Waals surface area contributed by atoms with Crippen LogP contribution in [0.3, 0.4) is 0 Å². The van der Waals surface area contributed by atoms with E-state index in [1.165, 1.54) is 12.1 Å². The summed E-state index contributed by atoms with van der Waals surface area (Å²) in [4.78, 5) is 21.9. The summed E-state index contributed by atoms with van der Waals surface area (Å²) in [5.74, 6) is 0.239. The lowest BCUT2D eigenvalue weighted by Gasteiger charge is -1.85. The van der Waals surface area contributed by atoms with Crippen LogP contribution in [-0.4, -0.2) is 5.78 Å². The normalized spacial score (nSPS) is 14.5. The van der Waals surface area contributed by atoms with E-state index in [4.69, 9.17) is 0 Å². The summed E-state index contributed by atoms with van der Waals surface area (Å²) in [6.45, 7) is 0. The number of carbonyl (C=O) groups excluding carboxylic acids is 1. The van der Waals surface area contributed by atoms with E-state index in [-0.39, 0.29) is 11.2 Å². The maximum absolute atomic E-state index is 11.0. The van der Waals surface area contributed by atoms with E-state index in [0.29, 0.717) is 12.8 Å². The molecule has 0 bridgehead atoms. The van der Waals surface area contributed by atoms with E-state index in [0.717, 1.165) is 11.1 Å². The second-order valence-corrected chi connectivity index (χ2v) is 3.01. The third-order valence-corrected chi connectivity index (χ3v) is 2.09. The molecule has 2 rings (SSSR count). The second kappa shape index (κ2) is 2.55. The molecule has 1 aromatic carbocycles. The van der Waals surface area contributed by atoms with Gasteiger partial charge in [0, 0.05) is 12.8 Å². The van der Waals surface area contributed by atoms with E-state index in [1.807, 2.05) is 0 Å². The summed E-state index contributed by atoms with van der Waals surface area (Å²) < 4.78 is 0. The van der Waals surface area contributed by atoms with Crippen molar-refractivity contribution < 1.29 is 4.79 Å². The molecule has 0 saturated carbocycles. The molecule has 0 saturated heterocycles. The van der Waals surface area contributed by atoms with Crippen molar-refractivity contribution in [3.05, 3.63) is 45.6 Å². The van der Waals surface area contributed by atoms with Gasteiger partial charge in [-0.2, -0.15) is 0 Å². The average Bonchev–Trinajstić information content (AvgIpc) is 2.31. The van der Waals surface area contributed by atoms with Crippen LogP contribution in [-0.2, 0) is 17.6 Å². The fourth-order valence-corrected chi connectivity index (χ4v) is 1.47. The highest BCUT2D eigenvalue weighted by molar-refractivity contribution is 5.87. The standard InChI is InChI=1S/C10H8O2/c11-9-3-1-7-5-10(12)6-8(7)2-4-9/h1-4H,5-6H2. The highest BCUT2D eigenvalue weighted by atomic mass is 16.1. The molecule has 0 N–H and O–H groups in total. The molecule has 0 amide bonds. The van der Waals surface area contributed by atoms with Crippen LogP contribution in [0.25, 0.3) is 0 Å². The van der Waals surface area contributed by atoms with Crippen LogP contribution in [0.5, 0.6) is 0 Å².